The Hall–Kier alpha value is -0.770. The summed E-state index contributed by atoms with van der Waals surface area (Å²) in [5.74, 6) is 0. The predicted molar refractivity (Wildman–Crippen MR) is 27.6 cm³/mol. The second-order valence-corrected chi connectivity index (χ2v) is 1.33. The fourth-order valence-electron chi connectivity index (χ4n) is 0.267. The molecule has 4 heteroatoms. The average molecular weight is 117 g/mol. The first kappa shape index (κ1) is 7.23. The van der Waals surface area contributed by atoms with Crippen LogP contribution in [-0.4, -0.2) is 17.8 Å². The summed E-state index contributed by atoms with van der Waals surface area (Å²) in [6, 6.07) is -0.674. The van der Waals surface area contributed by atoms with Crippen molar-refractivity contribution in [3.05, 3.63) is 0 Å². The molecule has 0 aromatic heterocycles. The number of amides is 2. The first-order valence-corrected chi connectivity index (χ1v) is 2.44. The van der Waals surface area contributed by atoms with E-state index < -0.39 is 6.03 Å². The molecule has 47 valence electrons. The van der Waals surface area contributed by atoms with Crippen LogP contribution in [0.15, 0.2) is 0 Å². The number of carbonyl (C=O) groups excluding carboxylic acids is 1. The third-order valence-corrected chi connectivity index (χ3v) is 0.617. The van der Waals surface area contributed by atoms with Gasteiger partial charge in [-0.2, -0.15) is 0 Å². The zero-order chi connectivity index (χ0) is 6.41. The lowest BCUT2D eigenvalue weighted by Crippen LogP contribution is -2.28. The monoisotopic (exact) mass is 117 g/mol. The molecule has 0 aromatic carbocycles. The van der Waals surface area contributed by atoms with Crippen LogP contribution in [0.5, 0.6) is 0 Å². The van der Waals surface area contributed by atoms with Gasteiger partial charge < -0.3 is 5.32 Å². The van der Waals surface area contributed by atoms with Crippen molar-refractivity contribution < 1.29 is 10.0 Å². The summed E-state index contributed by atoms with van der Waals surface area (Å²) in [6.07, 6.45) is 0.848. The first-order valence-electron chi connectivity index (χ1n) is 2.44. The van der Waals surface area contributed by atoms with Crippen molar-refractivity contribution >= 4 is 6.03 Å². The number of hydroxylamine groups is 1. The van der Waals surface area contributed by atoms with E-state index in [0.717, 1.165) is 6.42 Å². The molecule has 0 heterocycles. The Bertz CT molecular complexity index is 74.4. The maximum atomic E-state index is 10.0. The van der Waals surface area contributed by atoms with E-state index in [4.69, 9.17) is 5.21 Å². The zero-order valence-corrected chi connectivity index (χ0v) is 4.72. The van der Waals surface area contributed by atoms with Crippen molar-refractivity contribution in [3.8, 4) is 0 Å². The zero-order valence-electron chi connectivity index (χ0n) is 4.72. The van der Waals surface area contributed by atoms with Gasteiger partial charge in [0.1, 0.15) is 0 Å². The minimum Gasteiger partial charge on any atom is -0.335 e. The van der Waals surface area contributed by atoms with Gasteiger partial charge >= 0.3 is 6.03 Å². The van der Waals surface area contributed by atoms with Gasteiger partial charge in [-0.1, -0.05) is 12.4 Å². The first-order chi connectivity index (χ1) is 3.81. The number of nitrogens with zero attached hydrogens (tertiary/aromatic N) is 1. The smallest absolute Gasteiger partial charge is 0.335 e. The molecule has 0 atom stereocenters. The van der Waals surface area contributed by atoms with Crippen LogP contribution in [0.1, 0.15) is 13.3 Å². The summed E-state index contributed by atoms with van der Waals surface area (Å²) in [5, 5.41) is 10.1. The second kappa shape index (κ2) is 4.39. The highest BCUT2D eigenvalue weighted by atomic mass is 16.5. The van der Waals surface area contributed by atoms with Crippen molar-refractivity contribution in [3.63, 3.8) is 0 Å². The lowest BCUT2D eigenvalue weighted by Gasteiger charge is -1.95. The fourth-order valence-corrected chi connectivity index (χ4v) is 0.267. The molecule has 0 aliphatic rings. The van der Waals surface area contributed by atoms with Gasteiger partial charge in [0, 0.05) is 6.54 Å². The standard InChI is InChI=1S/C4H9N2O2/c1-2-3-5-4(7)6-8/h8H,2-3H2,1H3,(H,5,7). The quantitative estimate of drug-likeness (QED) is 0.398. The summed E-state index contributed by atoms with van der Waals surface area (Å²) in [7, 11) is 0. The van der Waals surface area contributed by atoms with Gasteiger partial charge in [0.25, 0.3) is 0 Å². The van der Waals surface area contributed by atoms with Crippen LogP contribution in [0.25, 0.3) is 0 Å². The lowest BCUT2D eigenvalue weighted by atomic mass is 10.5. The van der Waals surface area contributed by atoms with Crippen molar-refractivity contribution in [1.82, 2.24) is 10.8 Å². The Kier molecular flexibility index (Phi) is 3.97. The maximum absolute atomic E-state index is 10.0. The van der Waals surface area contributed by atoms with Gasteiger partial charge in [0.05, 0.1) is 0 Å². The Morgan fingerprint density at radius 2 is 2.50 bits per heavy atom. The van der Waals surface area contributed by atoms with Crippen LogP contribution in [0.4, 0.5) is 4.79 Å². The molecule has 0 aromatic rings. The van der Waals surface area contributed by atoms with E-state index >= 15 is 0 Å². The largest absolute Gasteiger partial charge is 0.363 e. The van der Waals surface area contributed by atoms with E-state index in [-0.39, 0.29) is 0 Å². The van der Waals surface area contributed by atoms with E-state index in [1.54, 1.807) is 0 Å². The normalized spacial score (nSPS) is 8.25. The van der Waals surface area contributed by atoms with Crippen LogP contribution >= 0.6 is 0 Å². The Labute approximate surface area is 47.8 Å². The molecule has 0 unspecified atom stereocenters. The molecule has 0 bridgehead atoms. The fraction of sp³-hybridized carbons (Fsp3) is 0.750. The van der Waals surface area contributed by atoms with Crippen LogP contribution in [0.3, 0.4) is 0 Å². The molecular formula is C4H9N2O2. The van der Waals surface area contributed by atoms with Gasteiger partial charge in [-0.3, -0.25) is 5.21 Å². The topological polar surface area (TPSA) is 63.4 Å². The molecule has 0 saturated carbocycles. The number of urea groups is 1. The molecule has 2 amide bonds. The Morgan fingerprint density at radius 3 is 2.88 bits per heavy atom. The van der Waals surface area contributed by atoms with Gasteiger partial charge in [-0.15, -0.1) is 0 Å². The van der Waals surface area contributed by atoms with Crippen LogP contribution in [-0.2, 0) is 0 Å². The van der Waals surface area contributed by atoms with E-state index in [2.05, 4.69) is 10.8 Å². The van der Waals surface area contributed by atoms with Gasteiger partial charge in [-0.05, 0) is 6.42 Å². The minimum atomic E-state index is -0.674. The number of rotatable bonds is 2. The van der Waals surface area contributed by atoms with Crippen LogP contribution in [0.2, 0.25) is 0 Å². The van der Waals surface area contributed by atoms with Crippen molar-refractivity contribution in [2.45, 2.75) is 13.3 Å². The number of hydrogen-bond acceptors (Lipinski definition) is 2. The molecule has 8 heavy (non-hydrogen) atoms. The molecule has 2 N–H and O–H groups in total. The molecule has 0 spiro atoms. The van der Waals surface area contributed by atoms with Crippen molar-refractivity contribution in [2.75, 3.05) is 6.54 Å². The molecule has 0 saturated heterocycles. The molecule has 0 aliphatic carbocycles. The lowest BCUT2D eigenvalue weighted by molar-refractivity contribution is 0.155. The third-order valence-electron chi connectivity index (χ3n) is 0.617. The highest BCUT2D eigenvalue weighted by Crippen LogP contribution is 1.68. The third kappa shape index (κ3) is 3.42. The summed E-state index contributed by atoms with van der Waals surface area (Å²) in [5.41, 5.74) is 2.38. The minimum absolute atomic E-state index is 0.558. The molecule has 0 rings (SSSR count). The van der Waals surface area contributed by atoms with E-state index in [1.807, 2.05) is 6.92 Å². The second-order valence-electron chi connectivity index (χ2n) is 1.33. The van der Waals surface area contributed by atoms with Crippen molar-refractivity contribution in [2.24, 2.45) is 0 Å². The van der Waals surface area contributed by atoms with E-state index in [0.29, 0.717) is 6.54 Å². The van der Waals surface area contributed by atoms with Gasteiger partial charge in [0.15, 0.2) is 0 Å². The van der Waals surface area contributed by atoms with Crippen LogP contribution in [0, 0.1) is 0 Å². The highest BCUT2D eigenvalue weighted by molar-refractivity contribution is 5.71. The Balaban J connectivity index is 2.99. The predicted octanol–water partition coefficient (Wildman–Crippen LogP) is 0.0996. The molecule has 0 fully saturated rings. The summed E-state index contributed by atoms with van der Waals surface area (Å²) >= 11 is 0. The molecular weight excluding hydrogens is 108 g/mol. The summed E-state index contributed by atoms with van der Waals surface area (Å²) < 4.78 is 0. The maximum Gasteiger partial charge on any atom is 0.363 e. The van der Waals surface area contributed by atoms with Crippen LogP contribution < -0.4 is 10.8 Å². The number of hydrogen-bond donors (Lipinski definition) is 2. The van der Waals surface area contributed by atoms with Gasteiger partial charge in [-0.25, -0.2) is 4.79 Å². The molecule has 0 aliphatic heterocycles. The Morgan fingerprint density at radius 1 is 1.88 bits per heavy atom. The van der Waals surface area contributed by atoms with Crippen molar-refractivity contribution in [1.29, 1.82) is 0 Å². The number of carbonyl (C=O) groups is 1. The molecule has 4 nitrogen and oxygen atoms in total. The molecule has 1 radical (unpaired) electrons. The van der Waals surface area contributed by atoms with E-state index in [9.17, 15) is 4.79 Å². The average Bonchev–Trinajstić information content (AvgIpc) is 1.83. The highest BCUT2D eigenvalue weighted by Gasteiger charge is 1.93. The van der Waals surface area contributed by atoms with E-state index in [1.165, 1.54) is 0 Å². The summed E-state index contributed by atoms with van der Waals surface area (Å²) in [4.78, 5) is 10.0. The number of nitrogens with one attached hydrogen (secondary N) is 1. The van der Waals surface area contributed by atoms with Gasteiger partial charge in [0.2, 0.25) is 0 Å². The summed E-state index contributed by atoms with van der Waals surface area (Å²) in [6.45, 7) is 2.47. The SMILES string of the molecule is CCCNC(=O)[N]O.